The molecule has 0 radical (unpaired) electrons. The van der Waals surface area contributed by atoms with E-state index in [4.69, 9.17) is 5.73 Å². The van der Waals surface area contributed by atoms with Crippen LogP contribution < -0.4 is 11.1 Å². The zero-order valence-electron chi connectivity index (χ0n) is 15.5. The second-order valence-corrected chi connectivity index (χ2v) is 7.38. The van der Waals surface area contributed by atoms with Crippen LogP contribution in [0.4, 0.5) is 0 Å². The highest BCUT2D eigenvalue weighted by Gasteiger charge is 2.37. The van der Waals surface area contributed by atoms with Crippen LogP contribution in [-0.2, 0) is 9.59 Å². The molecule has 3 N–H and O–H groups in total. The van der Waals surface area contributed by atoms with Crippen molar-refractivity contribution in [2.24, 2.45) is 11.7 Å². The summed E-state index contributed by atoms with van der Waals surface area (Å²) < 4.78 is 0. The number of carbonyl (C=O) groups is 3. The molecule has 3 amide bonds. The number of nitrogens with two attached hydrogens (primary N) is 1. The first-order valence-corrected chi connectivity index (χ1v) is 9.23. The number of hydrogen-bond donors (Lipinski definition) is 2. The fourth-order valence-electron chi connectivity index (χ4n) is 3.65. The first-order chi connectivity index (χ1) is 12.9. The van der Waals surface area contributed by atoms with Gasteiger partial charge in [-0.05, 0) is 18.9 Å². The van der Waals surface area contributed by atoms with Crippen LogP contribution in [0.5, 0.6) is 0 Å². The Morgan fingerprint density at radius 2 is 2.04 bits per heavy atom. The molecule has 0 aromatic carbocycles. The van der Waals surface area contributed by atoms with Crippen molar-refractivity contribution < 1.29 is 14.4 Å². The number of rotatable bonds is 3. The maximum Gasteiger partial charge on any atom is 0.250 e. The van der Waals surface area contributed by atoms with Crippen LogP contribution in [0.1, 0.15) is 54.4 Å². The number of primary amides is 1. The quantitative estimate of drug-likeness (QED) is 0.771. The predicted octanol–water partition coefficient (Wildman–Crippen LogP) is 0.829. The number of hydrogen-bond acceptors (Lipinski definition) is 4. The van der Waals surface area contributed by atoms with Gasteiger partial charge in [-0.15, -0.1) is 0 Å². The van der Waals surface area contributed by atoms with E-state index in [-0.39, 0.29) is 24.2 Å². The van der Waals surface area contributed by atoms with Gasteiger partial charge >= 0.3 is 0 Å². The van der Waals surface area contributed by atoms with Gasteiger partial charge in [0.15, 0.2) is 0 Å². The SMILES string of the molecule is CN1C[C@@H](C(=O)NC2(C#Cc3cncc(C(N)=O)c3)CCCCC2)CC1=O. The normalized spacial score (nSPS) is 21.3. The molecule has 1 aliphatic carbocycles. The van der Waals surface area contributed by atoms with E-state index in [1.807, 2.05) is 0 Å². The Bertz CT molecular complexity index is 818. The summed E-state index contributed by atoms with van der Waals surface area (Å²) in [5.41, 5.74) is 5.57. The lowest BCUT2D eigenvalue weighted by atomic mass is 9.81. The summed E-state index contributed by atoms with van der Waals surface area (Å²) in [6.07, 6.45) is 7.84. The number of nitrogens with one attached hydrogen (secondary N) is 1. The van der Waals surface area contributed by atoms with Crippen LogP contribution in [-0.4, -0.2) is 46.7 Å². The molecule has 1 aromatic rings. The lowest BCUT2D eigenvalue weighted by Crippen LogP contribution is -2.51. The lowest BCUT2D eigenvalue weighted by molar-refractivity contribution is -0.129. The fraction of sp³-hybridized carbons (Fsp3) is 0.500. The second kappa shape index (κ2) is 7.78. The Morgan fingerprint density at radius 3 is 2.67 bits per heavy atom. The Labute approximate surface area is 158 Å². The molecule has 1 aliphatic heterocycles. The van der Waals surface area contributed by atoms with Gasteiger partial charge in [0.05, 0.1) is 11.5 Å². The summed E-state index contributed by atoms with van der Waals surface area (Å²) in [6, 6.07) is 1.60. The van der Waals surface area contributed by atoms with Gasteiger partial charge in [0.1, 0.15) is 5.54 Å². The maximum absolute atomic E-state index is 12.7. The predicted molar refractivity (Wildman–Crippen MR) is 99.3 cm³/mol. The molecule has 7 nitrogen and oxygen atoms in total. The van der Waals surface area contributed by atoms with Gasteiger partial charge in [0.25, 0.3) is 0 Å². The minimum absolute atomic E-state index is 0.00623. The number of pyridine rings is 1. The van der Waals surface area contributed by atoms with Crippen molar-refractivity contribution in [1.82, 2.24) is 15.2 Å². The Kier molecular flexibility index (Phi) is 5.45. The second-order valence-electron chi connectivity index (χ2n) is 7.38. The van der Waals surface area contributed by atoms with Crippen LogP contribution in [0.15, 0.2) is 18.5 Å². The van der Waals surface area contributed by atoms with E-state index in [9.17, 15) is 14.4 Å². The third-order valence-electron chi connectivity index (χ3n) is 5.25. The van der Waals surface area contributed by atoms with E-state index < -0.39 is 11.4 Å². The van der Waals surface area contributed by atoms with E-state index in [0.29, 0.717) is 17.7 Å². The van der Waals surface area contributed by atoms with Crippen LogP contribution in [0.2, 0.25) is 0 Å². The van der Waals surface area contributed by atoms with Gasteiger partial charge in [-0.1, -0.05) is 31.1 Å². The molecule has 7 heteroatoms. The van der Waals surface area contributed by atoms with E-state index in [1.54, 1.807) is 24.2 Å². The highest BCUT2D eigenvalue weighted by atomic mass is 16.2. The van der Waals surface area contributed by atoms with Crippen LogP contribution in [0.3, 0.4) is 0 Å². The van der Waals surface area contributed by atoms with E-state index in [2.05, 4.69) is 22.1 Å². The summed E-state index contributed by atoms with van der Waals surface area (Å²) >= 11 is 0. The molecule has 2 heterocycles. The zero-order chi connectivity index (χ0) is 19.4. The highest BCUT2D eigenvalue weighted by molar-refractivity contribution is 5.92. The van der Waals surface area contributed by atoms with Crippen molar-refractivity contribution in [3.05, 3.63) is 29.6 Å². The molecule has 142 valence electrons. The zero-order valence-corrected chi connectivity index (χ0v) is 15.5. The summed E-state index contributed by atoms with van der Waals surface area (Å²) in [6.45, 7) is 0.443. The Morgan fingerprint density at radius 1 is 1.30 bits per heavy atom. The van der Waals surface area contributed by atoms with Crippen molar-refractivity contribution in [3.8, 4) is 11.8 Å². The third kappa shape index (κ3) is 4.45. The van der Waals surface area contributed by atoms with Crippen molar-refractivity contribution in [1.29, 1.82) is 0 Å². The number of carbonyl (C=O) groups excluding carboxylic acids is 3. The Hall–Kier alpha value is -2.88. The molecule has 0 spiro atoms. The van der Waals surface area contributed by atoms with Crippen LogP contribution in [0.25, 0.3) is 0 Å². The Balaban J connectivity index is 1.80. The molecule has 1 aromatic heterocycles. The number of likely N-dealkylation sites (tertiary alicyclic amines) is 1. The average molecular weight is 368 g/mol. The number of amides is 3. The molecule has 1 saturated carbocycles. The molecular formula is C20H24N4O3. The van der Waals surface area contributed by atoms with Gasteiger partial charge in [0.2, 0.25) is 17.7 Å². The van der Waals surface area contributed by atoms with E-state index >= 15 is 0 Å². The van der Waals surface area contributed by atoms with Crippen molar-refractivity contribution in [2.45, 2.75) is 44.1 Å². The van der Waals surface area contributed by atoms with Gasteiger partial charge < -0.3 is 16.0 Å². The number of aromatic nitrogens is 1. The standard InChI is InChI=1S/C20H24N4O3/c1-24-13-16(10-17(24)25)19(27)23-20(6-3-2-4-7-20)8-5-14-9-15(18(21)26)12-22-11-14/h9,11-12,16H,2-4,6-7,10,13H2,1H3,(H2,21,26)(H,23,27)/t16-/m0/s1. The first kappa shape index (κ1) is 18.9. The highest BCUT2D eigenvalue weighted by Crippen LogP contribution is 2.29. The van der Waals surface area contributed by atoms with Crippen molar-refractivity contribution >= 4 is 17.7 Å². The van der Waals surface area contributed by atoms with Gasteiger partial charge in [0, 0.05) is 38.0 Å². The lowest BCUT2D eigenvalue weighted by Gasteiger charge is -2.34. The van der Waals surface area contributed by atoms with Gasteiger partial charge in [-0.2, -0.15) is 0 Å². The largest absolute Gasteiger partial charge is 0.366 e. The third-order valence-corrected chi connectivity index (χ3v) is 5.25. The summed E-state index contributed by atoms with van der Waals surface area (Å²) in [4.78, 5) is 41.4. The van der Waals surface area contributed by atoms with Crippen LogP contribution >= 0.6 is 0 Å². The maximum atomic E-state index is 12.7. The van der Waals surface area contributed by atoms with Gasteiger partial charge in [-0.3, -0.25) is 19.4 Å². The first-order valence-electron chi connectivity index (χ1n) is 9.23. The molecule has 2 fully saturated rings. The fourth-order valence-corrected chi connectivity index (χ4v) is 3.65. The number of nitrogens with zero attached hydrogens (tertiary/aromatic N) is 2. The van der Waals surface area contributed by atoms with Crippen LogP contribution in [0, 0.1) is 17.8 Å². The van der Waals surface area contributed by atoms with Crippen molar-refractivity contribution in [2.75, 3.05) is 13.6 Å². The molecule has 1 atom stereocenters. The minimum atomic E-state index is -0.609. The molecule has 0 bridgehead atoms. The summed E-state index contributed by atoms with van der Waals surface area (Å²) in [5.74, 6) is 5.27. The summed E-state index contributed by atoms with van der Waals surface area (Å²) in [7, 11) is 1.71. The van der Waals surface area contributed by atoms with E-state index in [0.717, 1.165) is 32.1 Å². The van der Waals surface area contributed by atoms with Crippen molar-refractivity contribution in [3.63, 3.8) is 0 Å². The minimum Gasteiger partial charge on any atom is -0.366 e. The monoisotopic (exact) mass is 368 g/mol. The smallest absolute Gasteiger partial charge is 0.250 e. The molecular weight excluding hydrogens is 344 g/mol. The van der Waals surface area contributed by atoms with E-state index in [1.165, 1.54) is 6.20 Å². The molecule has 3 rings (SSSR count). The molecule has 0 unspecified atom stereocenters. The average Bonchev–Trinajstić information content (AvgIpc) is 3.00. The summed E-state index contributed by atoms with van der Waals surface area (Å²) in [5, 5.41) is 3.12. The molecule has 27 heavy (non-hydrogen) atoms. The topological polar surface area (TPSA) is 105 Å². The molecule has 1 saturated heterocycles. The molecule has 2 aliphatic rings. The van der Waals surface area contributed by atoms with Gasteiger partial charge in [-0.25, -0.2) is 0 Å².